The van der Waals surface area contributed by atoms with Gasteiger partial charge in [-0.25, -0.2) is 4.79 Å². The van der Waals surface area contributed by atoms with Crippen LogP contribution in [0.1, 0.15) is 35.2 Å². The van der Waals surface area contributed by atoms with E-state index in [0.29, 0.717) is 10.5 Å². The Labute approximate surface area is 96.9 Å². The Hall–Kier alpha value is -1.16. The Morgan fingerprint density at radius 1 is 1.44 bits per heavy atom. The van der Waals surface area contributed by atoms with Crippen LogP contribution in [0.15, 0.2) is 23.1 Å². The van der Waals surface area contributed by atoms with Crippen molar-refractivity contribution in [3.63, 3.8) is 0 Å². The van der Waals surface area contributed by atoms with Crippen molar-refractivity contribution >= 4 is 16.8 Å². The maximum absolute atomic E-state index is 12.0. The van der Waals surface area contributed by atoms with Gasteiger partial charge in [0, 0.05) is 10.1 Å². The number of hydrogen-bond acceptors (Lipinski definition) is 2. The fourth-order valence-electron chi connectivity index (χ4n) is 1.73. The Balaban J connectivity index is 2.31. The van der Waals surface area contributed by atoms with Gasteiger partial charge in [0.2, 0.25) is 0 Å². The molecular weight excluding hydrogens is 224 g/mol. The average Bonchev–Trinajstić information content (AvgIpc) is 2.15. The lowest BCUT2D eigenvalue weighted by Gasteiger charge is -2.24. The van der Waals surface area contributed by atoms with E-state index >= 15 is 0 Å². The molecule has 1 aromatic rings. The van der Waals surface area contributed by atoms with E-state index in [0.717, 1.165) is 19.3 Å². The van der Waals surface area contributed by atoms with E-state index in [1.807, 2.05) is 0 Å². The number of carbonyl (C=O) groups is 1. The Kier molecular flexibility index (Phi) is 3.10. The summed E-state index contributed by atoms with van der Waals surface area (Å²) in [5, 5.41) is 9.21. The number of carboxylic acid groups (broad SMARTS) is 1. The second-order valence-corrected chi connectivity index (χ2v) is 5.87. The first kappa shape index (κ1) is 11.3. The van der Waals surface area contributed by atoms with E-state index in [1.54, 1.807) is 25.1 Å². The highest BCUT2D eigenvalue weighted by molar-refractivity contribution is 7.85. The number of aryl methyl sites for hydroxylation is 1. The predicted molar refractivity (Wildman–Crippen MR) is 62.2 cm³/mol. The highest BCUT2D eigenvalue weighted by Crippen LogP contribution is 2.28. The first-order valence-electron chi connectivity index (χ1n) is 5.34. The zero-order valence-electron chi connectivity index (χ0n) is 9.10. The summed E-state index contributed by atoms with van der Waals surface area (Å²) in [6.07, 6.45) is 3.11. The van der Waals surface area contributed by atoms with E-state index in [4.69, 9.17) is 5.11 Å². The normalized spacial score (nSPS) is 17.8. The number of hydrogen-bond donors (Lipinski definition) is 1. The van der Waals surface area contributed by atoms with E-state index in [1.165, 1.54) is 0 Å². The van der Waals surface area contributed by atoms with Crippen molar-refractivity contribution in [2.24, 2.45) is 0 Å². The van der Waals surface area contributed by atoms with Crippen molar-refractivity contribution in [3.8, 4) is 0 Å². The van der Waals surface area contributed by atoms with Crippen LogP contribution in [-0.4, -0.2) is 20.5 Å². The molecule has 0 amide bonds. The average molecular weight is 238 g/mol. The molecule has 0 aromatic heterocycles. The van der Waals surface area contributed by atoms with Crippen molar-refractivity contribution in [2.75, 3.05) is 0 Å². The van der Waals surface area contributed by atoms with Crippen molar-refractivity contribution in [1.29, 1.82) is 0 Å². The van der Waals surface area contributed by atoms with Crippen LogP contribution in [0.3, 0.4) is 0 Å². The van der Waals surface area contributed by atoms with Gasteiger partial charge >= 0.3 is 5.97 Å². The zero-order valence-corrected chi connectivity index (χ0v) is 9.92. The third kappa shape index (κ3) is 2.02. The molecule has 86 valence electrons. The minimum absolute atomic E-state index is 0.226. The van der Waals surface area contributed by atoms with E-state index < -0.39 is 16.8 Å². The van der Waals surface area contributed by atoms with E-state index in [-0.39, 0.29) is 10.8 Å². The van der Waals surface area contributed by atoms with Crippen molar-refractivity contribution in [3.05, 3.63) is 29.3 Å². The Morgan fingerprint density at radius 2 is 2.12 bits per heavy atom. The van der Waals surface area contributed by atoms with Crippen molar-refractivity contribution in [2.45, 2.75) is 36.3 Å². The van der Waals surface area contributed by atoms with E-state index in [2.05, 4.69) is 0 Å². The lowest BCUT2D eigenvalue weighted by Crippen LogP contribution is -2.23. The van der Waals surface area contributed by atoms with Gasteiger partial charge < -0.3 is 5.11 Å². The molecule has 0 heterocycles. The molecule has 3 nitrogen and oxygen atoms in total. The van der Waals surface area contributed by atoms with Gasteiger partial charge in [0.25, 0.3) is 0 Å². The standard InChI is InChI=1S/C12H14O3S/c1-8-5-6-10(7-11(8)12(13)14)16(15)9-3-2-4-9/h5-7,9H,2-4H2,1H3,(H,13,14). The van der Waals surface area contributed by atoms with Gasteiger partial charge in [-0.2, -0.15) is 0 Å². The topological polar surface area (TPSA) is 54.4 Å². The number of benzene rings is 1. The van der Waals surface area contributed by atoms with Crippen LogP contribution in [0.5, 0.6) is 0 Å². The second kappa shape index (κ2) is 4.37. The summed E-state index contributed by atoms with van der Waals surface area (Å²) in [5.74, 6) is -0.954. The van der Waals surface area contributed by atoms with Crippen molar-refractivity contribution < 1.29 is 14.1 Å². The molecule has 1 fully saturated rings. The summed E-state index contributed by atoms with van der Waals surface area (Å²) in [4.78, 5) is 11.6. The van der Waals surface area contributed by atoms with Gasteiger partial charge in [-0.15, -0.1) is 0 Å². The number of aromatic carboxylic acids is 1. The van der Waals surface area contributed by atoms with Crippen LogP contribution in [0.4, 0.5) is 0 Å². The maximum Gasteiger partial charge on any atom is 0.335 e. The summed E-state index contributed by atoms with van der Waals surface area (Å²) in [6.45, 7) is 1.75. The quantitative estimate of drug-likeness (QED) is 0.879. The lowest BCUT2D eigenvalue weighted by molar-refractivity contribution is 0.0696. The molecule has 0 radical (unpaired) electrons. The molecule has 1 aliphatic carbocycles. The molecule has 1 saturated carbocycles. The molecule has 1 unspecified atom stereocenters. The molecule has 0 bridgehead atoms. The van der Waals surface area contributed by atoms with E-state index in [9.17, 15) is 9.00 Å². The summed E-state index contributed by atoms with van der Waals surface area (Å²) >= 11 is 0. The molecule has 1 aliphatic rings. The molecule has 2 rings (SSSR count). The highest BCUT2D eigenvalue weighted by Gasteiger charge is 2.25. The van der Waals surface area contributed by atoms with Crippen LogP contribution in [-0.2, 0) is 10.8 Å². The van der Waals surface area contributed by atoms with Crippen LogP contribution < -0.4 is 0 Å². The molecule has 16 heavy (non-hydrogen) atoms. The maximum atomic E-state index is 12.0. The Morgan fingerprint density at radius 3 is 2.62 bits per heavy atom. The Bertz CT molecular complexity index is 450. The monoisotopic (exact) mass is 238 g/mol. The molecule has 0 saturated heterocycles. The largest absolute Gasteiger partial charge is 0.478 e. The number of rotatable bonds is 3. The predicted octanol–water partition coefficient (Wildman–Crippen LogP) is 2.35. The third-order valence-corrected chi connectivity index (χ3v) is 4.82. The minimum Gasteiger partial charge on any atom is -0.478 e. The molecular formula is C12H14O3S. The molecule has 1 N–H and O–H groups in total. The summed E-state index contributed by atoms with van der Waals surface area (Å²) in [5.41, 5.74) is 0.965. The van der Waals surface area contributed by atoms with Gasteiger partial charge in [-0.05, 0) is 37.5 Å². The zero-order chi connectivity index (χ0) is 11.7. The third-order valence-electron chi connectivity index (χ3n) is 3.03. The van der Waals surface area contributed by atoms with Crippen LogP contribution >= 0.6 is 0 Å². The summed E-state index contributed by atoms with van der Waals surface area (Å²) in [6, 6.07) is 5.05. The van der Waals surface area contributed by atoms with Gasteiger partial charge in [0.1, 0.15) is 0 Å². The fourth-order valence-corrected chi connectivity index (χ4v) is 3.32. The first-order valence-corrected chi connectivity index (χ1v) is 6.55. The minimum atomic E-state index is -1.04. The molecule has 4 heteroatoms. The van der Waals surface area contributed by atoms with Crippen LogP contribution in [0.2, 0.25) is 0 Å². The number of carboxylic acids is 1. The van der Waals surface area contributed by atoms with Crippen molar-refractivity contribution in [1.82, 2.24) is 0 Å². The van der Waals surface area contributed by atoms with Crippen LogP contribution in [0, 0.1) is 6.92 Å². The fraction of sp³-hybridized carbons (Fsp3) is 0.417. The molecule has 1 aromatic carbocycles. The van der Waals surface area contributed by atoms with Gasteiger partial charge in [0.15, 0.2) is 0 Å². The van der Waals surface area contributed by atoms with Crippen LogP contribution in [0.25, 0.3) is 0 Å². The lowest BCUT2D eigenvalue weighted by atomic mass is 10.00. The molecule has 0 aliphatic heterocycles. The van der Waals surface area contributed by atoms with Gasteiger partial charge in [0.05, 0.1) is 16.4 Å². The summed E-state index contributed by atoms with van der Waals surface area (Å²) < 4.78 is 12.0. The van der Waals surface area contributed by atoms with Gasteiger partial charge in [-0.1, -0.05) is 12.5 Å². The molecule has 1 atom stereocenters. The second-order valence-electron chi connectivity index (χ2n) is 4.13. The molecule has 0 spiro atoms. The SMILES string of the molecule is Cc1ccc(S(=O)C2CCC2)cc1C(=O)O. The first-order chi connectivity index (χ1) is 7.59. The smallest absolute Gasteiger partial charge is 0.335 e. The summed E-state index contributed by atoms with van der Waals surface area (Å²) in [7, 11) is -1.04. The van der Waals surface area contributed by atoms with Gasteiger partial charge in [-0.3, -0.25) is 4.21 Å². The highest BCUT2D eigenvalue weighted by atomic mass is 32.2.